The smallest absolute Gasteiger partial charge is 0.252 e. The highest BCUT2D eigenvalue weighted by Crippen LogP contribution is 2.25. The topological polar surface area (TPSA) is 77.3 Å². The first-order valence-electron chi connectivity index (χ1n) is 7.18. The number of sulfonamides is 1. The maximum atomic E-state index is 12.6. The molecule has 0 amide bonds. The Morgan fingerprint density at radius 1 is 1.17 bits per heavy atom. The van der Waals surface area contributed by atoms with Crippen LogP contribution in [0, 0.1) is 18.3 Å². The summed E-state index contributed by atoms with van der Waals surface area (Å²) in [6, 6.07) is 9.05. The van der Waals surface area contributed by atoms with Crippen molar-refractivity contribution >= 4 is 27.2 Å². The molecule has 1 aliphatic rings. The van der Waals surface area contributed by atoms with Gasteiger partial charge in [0.15, 0.2) is 0 Å². The lowest BCUT2D eigenvalue weighted by Crippen LogP contribution is -2.48. The molecule has 0 atom stereocenters. The lowest BCUT2D eigenvalue weighted by atomic mass is 10.3. The van der Waals surface area contributed by atoms with Crippen LogP contribution in [-0.2, 0) is 10.0 Å². The molecule has 1 aliphatic heterocycles. The summed E-state index contributed by atoms with van der Waals surface area (Å²) in [4.78, 5) is 7.28. The van der Waals surface area contributed by atoms with Gasteiger partial charge in [-0.2, -0.15) is 9.57 Å². The van der Waals surface area contributed by atoms with E-state index in [-0.39, 0.29) is 0 Å². The van der Waals surface area contributed by atoms with Crippen LogP contribution in [0.2, 0.25) is 0 Å². The van der Waals surface area contributed by atoms with E-state index in [1.807, 2.05) is 24.0 Å². The number of rotatable bonds is 3. The minimum Gasteiger partial charge on any atom is -0.354 e. The molecule has 8 heteroatoms. The third-order valence-electron chi connectivity index (χ3n) is 3.75. The number of pyridine rings is 1. The maximum absolute atomic E-state index is 12.6. The molecule has 2 aromatic rings. The first-order valence-corrected chi connectivity index (χ1v) is 9.44. The molecule has 0 spiro atoms. The predicted molar refractivity (Wildman–Crippen MR) is 89.0 cm³/mol. The summed E-state index contributed by atoms with van der Waals surface area (Å²) in [6.45, 7) is 3.94. The van der Waals surface area contributed by atoms with Crippen LogP contribution >= 0.6 is 11.3 Å². The number of anilines is 1. The van der Waals surface area contributed by atoms with Gasteiger partial charge in [-0.1, -0.05) is 0 Å². The van der Waals surface area contributed by atoms with Crippen LogP contribution in [0.25, 0.3) is 0 Å². The van der Waals surface area contributed by atoms with Crippen molar-refractivity contribution in [1.29, 1.82) is 5.26 Å². The van der Waals surface area contributed by atoms with E-state index < -0.39 is 10.0 Å². The van der Waals surface area contributed by atoms with Crippen LogP contribution in [0.5, 0.6) is 0 Å². The van der Waals surface area contributed by atoms with Crippen LogP contribution in [-0.4, -0.2) is 43.9 Å². The molecular weight excluding hydrogens is 332 g/mol. The van der Waals surface area contributed by atoms with E-state index in [0.717, 1.165) is 10.7 Å². The van der Waals surface area contributed by atoms with Gasteiger partial charge < -0.3 is 4.90 Å². The Kier molecular flexibility index (Phi) is 4.35. The van der Waals surface area contributed by atoms with Crippen LogP contribution in [0.1, 0.15) is 10.4 Å². The van der Waals surface area contributed by atoms with Crippen molar-refractivity contribution in [2.45, 2.75) is 11.1 Å². The van der Waals surface area contributed by atoms with Crippen molar-refractivity contribution in [3.8, 4) is 6.07 Å². The minimum absolute atomic E-state index is 0.403. The molecule has 3 heterocycles. The number of thiophene rings is 1. The van der Waals surface area contributed by atoms with Gasteiger partial charge in [-0.3, -0.25) is 0 Å². The van der Waals surface area contributed by atoms with Crippen molar-refractivity contribution < 1.29 is 8.42 Å². The Bertz CT molecular complexity index is 829. The quantitative estimate of drug-likeness (QED) is 0.846. The van der Waals surface area contributed by atoms with Gasteiger partial charge in [0.05, 0.1) is 5.56 Å². The summed E-state index contributed by atoms with van der Waals surface area (Å²) in [5, 5.41) is 8.80. The van der Waals surface area contributed by atoms with Crippen molar-refractivity contribution in [2.75, 3.05) is 31.1 Å². The average Bonchev–Trinajstić information content (AvgIpc) is 3.02. The van der Waals surface area contributed by atoms with Crippen LogP contribution in [0.15, 0.2) is 34.7 Å². The van der Waals surface area contributed by atoms with Crippen molar-refractivity contribution in [2.24, 2.45) is 0 Å². The zero-order chi connectivity index (χ0) is 16.4. The SMILES string of the molecule is Cc1ccc(S(=O)(=O)N2CCN(c3ccc(C#N)cn3)CC2)s1. The standard InChI is InChI=1S/C15H16N4O2S2/c1-12-2-5-15(22-12)23(20,21)19-8-6-18(7-9-19)14-4-3-13(10-16)11-17-14/h2-5,11H,6-9H2,1H3. The molecule has 0 N–H and O–H groups in total. The van der Waals surface area contributed by atoms with E-state index in [2.05, 4.69) is 4.98 Å². The van der Waals surface area contributed by atoms with Gasteiger partial charge >= 0.3 is 0 Å². The Morgan fingerprint density at radius 2 is 1.91 bits per heavy atom. The van der Waals surface area contributed by atoms with E-state index >= 15 is 0 Å². The number of nitriles is 1. The van der Waals surface area contributed by atoms with E-state index in [9.17, 15) is 8.42 Å². The highest BCUT2D eigenvalue weighted by atomic mass is 32.2. The third kappa shape index (κ3) is 3.22. The Morgan fingerprint density at radius 3 is 2.43 bits per heavy atom. The zero-order valence-corrected chi connectivity index (χ0v) is 14.3. The summed E-state index contributed by atoms with van der Waals surface area (Å²) in [5.74, 6) is 0.771. The lowest BCUT2D eigenvalue weighted by Gasteiger charge is -2.34. The molecule has 0 unspecified atom stereocenters. The number of aromatic nitrogens is 1. The first kappa shape index (κ1) is 15.9. The molecule has 0 aromatic carbocycles. The van der Waals surface area contributed by atoms with Crippen LogP contribution in [0.3, 0.4) is 0 Å². The van der Waals surface area contributed by atoms with Crippen LogP contribution < -0.4 is 4.90 Å². The molecule has 3 rings (SSSR count). The van der Waals surface area contributed by atoms with Gasteiger partial charge in [0.1, 0.15) is 16.1 Å². The second-order valence-corrected chi connectivity index (χ2v) is 8.73. The fourth-order valence-electron chi connectivity index (χ4n) is 2.47. The van der Waals surface area contributed by atoms with E-state index in [1.165, 1.54) is 21.8 Å². The lowest BCUT2D eigenvalue weighted by molar-refractivity contribution is 0.385. The molecule has 0 radical (unpaired) electrons. The Balaban J connectivity index is 1.69. The van der Waals surface area contributed by atoms with Gasteiger partial charge in [0.2, 0.25) is 0 Å². The average molecular weight is 348 g/mol. The number of hydrogen-bond donors (Lipinski definition) is 0. The second kappa shape index (κ2) is 6.28. The molecule has 6 nitrogen and oxygen atoms in total. The van der Waals surface area contributed by atoms with Gasteiger partial charge in [-0.15, -0.1) is 11.3 Å². The van der Waals surface area contributed by atoms with Crippen molar-refractivity contribution in [3.05, 3.63) is 40.9 Å². The molecule has 0 saturated carbocycles. The van der Waals surface area contributed by atoms with Gasteiger partial charge in [0, 0.05) is 37.3 Å². The highest BCUT2D eigenvalue weighted by molar-refractivity contribution is 7.91. The number of aryl methyl sites for hydroxylation is 1. The normalized spacial score (nSPS) is 16.3. The summed E-state index contributed by atoms with van der Waals surface area (Å²) in [5.41, 5.74) is 0.517. The largest absolute Gasteiger partial charge is 0.354 e. The zero-order valence-electron chi connectivity index (χ0n) is 12.6. The predicted octanol–water partition coefficient (Wildman–Crippen LogP) is 1.83. The Labute approximate surface area is 139 Å². The van der Waals surface area contributed by atoms with E-state index in [0.29, 0.717) is 36.0 Å². The van der Waals surface area contributed by atoms with Crippen molar-refractivity contribution in [3.63, 3.8) is 0 Å². The van der Waals surface area contributed by atoms with Gasteiger partial charge in [-0.25, -0.2) is 13.4 Å². The number of nitrogens with zero attached hydrogens (tertiary/aromatic N) is 4. The van der Waals surface area contributed by atoms with Crippen LogP contribution in [0.4, 0.5) is 5.82 Å². The maximum Gasteiger partial charge on any atom is 0.252 e. The van der Waals surface area contributed by atoms with Gasteiger partial charge in [-0.05, 0) is 31.2 Å². The van der Waals surface area contributed by atoms with E-state index in [4.69, 9.17) is 5.26 Å². The molecule has 0 aliphatic carbocycles. The molecule has 0 bridgehead atoms. The summed E-state index contributed by atoms with van der Waals surface area (Å²) in [6.07, 6.45) is 1.53. The first-order chi connectivity index (χ1) is 11.0. The van der Waals surface area contributed by atoms with Gasteiger partial charge in [0.25, 0.3) is 10.0 Å². The molecular formula is C15H16N4O2S2. The molecule has 23 heavy (non-hydrogen) atoms. The minimum atomic E-state index is -3.40. The summed E-state index contributed by atoms with van der Waals surface area (Å²) < 4.78 is 27.1. The highest BCUT2D eigenvalue weighted by Gasteiger charge is 2.29. The molecule has 120 valence electrons. The third-order valence-corrected chi connectivity index (χ3v) is 7.12. The number of hydrogen-bond acceptors (Lipinski definition) is 6. The second-order valence-electron chi connectivity index (χ2n) is 5.27. The van der Waals surface area contributed by atoms with Crippen molar-refractivity contribution in [1.82, 2.24) is 9.29 Å². The fourth-order valence-corrected chi connectivity index (χ4v) is 5.33. The molecule has 1 saturated heterocycles. The fraction of sp³-hybridized carbons (Fsp3) is 0.333. The summed E-state index contributed by atoms with van der Waals surface area (Å²) in [7, 11) is -3.40. The summed E-state index contributed by atoms with van der Waals surface area (Å²) >= 11 is 1.30. The number of piperazine rings is 1. The molecule has 2 aromatic heterocycles. The molecule has 1 fully saturated rings. The monoisotopic (exact) mass is 348 g/mol. The van der Waals surface area contributed by atoms with E-state index in [1.54, 1.807) is 18.2 Å². The Hall–Kier alpha value is -1.95.